The summed E-state index contributed by atoms with van der Waals surface area (Å²) >= 11 is 1.31. The van der Waals surface area contributed by atoms with Crippen molar-refractivity contribution in [1.82, 2.24) is 20.2 Å². The Hall–Kier alpha value is -1.63. The van der Waals surface area contributed by atoms with E-state index in [0.29, 0.717) is 16.4 Å². The summed E-state index contributed by atoms with van der Waals surface area (Å²) in [6.07, 6.45) is 0. The number of nitrogens with zero attached hydrogens (tertiary/aromatic N) is 4. The third-order valence-corrected chi connectivity index (χ3v) is 3.18. The van der Waals surface area contributed by atoms with Gasteiger partial charge in [0.15, 0.2) is 0 Å². The van der Waals surface area contributed by atoms with Gasteiger partial charge in [0.25, 0.3) is 0 Å². The Morgan fingerprint density at radius 2 is 2.19 bits per heavy atom. The zero-order valence-corrected chi connectivity index (χ0v) is 9.62. The van der Waals surface area contributed by atoms with Crippen molar-refractivity contribution in [1.29, 1.82) is 0 Å². The first kappa shape index (κ1) is 10.9. The molecule has 0 aliphatic heterocycles. The molecule has 0 aliphatic carbocycles. The molecular weight excluding hydrogens is 229 g/mol. The van der Waals surface area contributed by atoms with Crippen LogP contribution < -0.4 is 5.73 Å². The molecule has 0 spiro atoms. The SMILES string of the molecule is Cc1cc(Sc2nnnn2C)c(N)cc1F. The van der Waals surface area contributed by atoms with E-state index in [9.17, 15) is 4.39 Å². The number of benzene rings is 1. The van der Waals surface area contributed by atoms with Gasteiger partial charge in [0.05, 0.1) is 0 Å². The number of hydrogen-bond acceptors (Lipinski definition) is 5. The van der Waals surface area contributed by atoms with Crippen LogP contribution in [0.1, 0.15) is 5.56 Å². The molecule has 0 amide bonds. The maximum atomic E-state index is 13.2. The molecule has 84 valence electrons. The number of halogens is 1. The third kappa shape index (κ3) is 1.99. The van der Waals surface area contributed by atoms with Gasteiger partial charge < -0.3 is 5.73 Å². The number of tetrazole rings is 1. The van der Waals surface area contributed by atoms with E-state index < -0.39 is 0 Å². The van der Waals surface area contributed by atoms with Crippen LogP contribution in [0.15, 0.2) is 22.2 Å². The van der Waals surface area contributed by atoms with Gasteiger partial charge in [0, 0.05) is 17.6 Å². The predicted octanol–water partition coefficient (Wildman–Crippen LogP) is 1.39. The lowest BCUT2D eigenvalue weighted by molar-refractivity contribution is 0.618. The molecule has 0 bridgehead atoms. The van der Waals surface area contributed by atoms with Crippen molar-refractivity contribution < 1.29 is 4.39 Å². The highest BCUT2D eigenvalue weighted by atomic mass is 32.2. The van der Waals surface area contributed by atoms with Gasteiger partial charge in [-0.1, -0.05) is 0 Å². The Labute approximate surface area is 95.8 Å². The van der Waals surface area contributed by atoms with E-state index in [0.717, 1.165) is 4.90 Å². The van der Waals surface area contributed by atoms with Crippen molar-refractivity contribution in [3.63, 3.8) is 0 Å². The van der Waals surface area contributed by atoms with Crippen molar-refractivity contribution >= 4 is 17.4 Å². The Balaban J connectivity index is 2.35. The van der Waals surface area contributed by atoms with Gasteiger partial charge in [-0.25, -0.2) is 9.07 Å². The first-order valence-electron chi connectivity index (χ1n) is 4.54. The summed E-state index contributed by atoms with van der Waals surface area (Å²) in [4.78, 5) is 0.747. The molecule has 0 radical (unpaired) electrons. The molecule has 0 atom stereocenters. The summed E-state index contributed by atoms with van der Waals surface area (Å²) in [6, 6.07) is 2.99. The van der Waals surface area contributed by atoms with E-state index in [1.54, 1.807) is 20.0 Å². The second kappa shape index (κ2) is 4.09. The highest BCUT2D eigenvalue weighted by Crippen LogP contribution is 2.31. The van der Waals surface area contributed by atoms with Crippen LogP contribution in [0.2, 0.25) is 0 Å². The molecule has 0 saturated carbocycles. The monoisotopic (exact) mass is 239 g/mol. The van der Waals surface area contributed by atoms with Crippen LogP contribution in [-0.2, 0) is 7.05 Å². The lowest BCUT2D eigenvalue weighted by Crippen LogP contribution is -1.96. The number of hydrogen-bond donors (Lipinski definition) is 1. The molecule has 1 heterocycles. The molecule has 1 aromatic heterocycles. The first-order valence-corrected chi connectivity index (χ1v) is 5.35. The molecule has 0 unspecified atom stereocenters. The average Bonchev–Trinajstić information content (AvgIpc) is 2.61. The largest absolute Gasteiger partial charge is 0.398 e. The minimum atomic E-state index is -0.307. The van der Waals surface area contributed by atoms with Crippen LogP contribution in [0.5, 0.6) is 0 Å². The molecule has 0 saturated heterocycles. The van der Waals surface area contributed by atoms with E-state index in [4.69, 9.17) is 5.73 Å². The topological polar surface area (TPSA) is 69.6 Å². The second-order valence-electron chi connectivity index (χ2n) is 3.33. The summed E-state index contributed by atoms with van der Waals surface area (Å²) < 4.78 is 14.7. The van der Waals surface area contributed by atoms with E-state index in [2.05, 4.69) is 15.5 Å². The van der Waals surface area contributed by atoms with E-state index in [1.807, 2.05) is 0 Å². The Bertz CT molecular complexity index is 525. The quantitative estimate of drug-likeness (QED) is 0.802. The van der Waals surface area contributed by atoms with Gasteiger partial charge in [-0.05, 0) is 46.8 Å². The lowest BCUT2D eigenvalue weighted by Gasteiger charge is -2.06. The fourth-order valence-corrected chi connectivity index (χ4v) is 2.02. The summed E-state index contributed by atoms with van der Waals surface area (Å²) in [6.45, 7) is 1.69. The van der Waals surface area contributed by atoms with Gasteiger partial charge >= 0.3 is 0 Å². The van der Waals surface area contributed by atoms with Gasteiger partial charge in [-0.3, -0.25) is 0 Å². The highest BCUT2D eigenvalue weighted by Gasteiger charge is 2.10. The number of nitrogen functional groups attached to an aromatic ring is 1. The molecular formula is C9H10FN5S. The number of aryl methyl sites for hydroxylation is 2. The van der Waals surface area contributed by atoms with Crippen LogP contribution in [0.3, 0.4) is 0 Å². The normalized spacial score (nSPS) is 10.7. The predicted molar refractivity (Wildman–Crippen MR) is 58.5 cm³/mol. The molecule has 5 nitrogen and oxygen atoms in total. The smallest absolute Gasteiger partial charge is 0.213 e. The zero-order valence-electron chi connectivity index (χ0n) is 8.81. The minimum absolute atomic E-state index is 0.307. The van der Waals surface area contributed by atoms with E-state index >= 15 is 0 Å². The summed E-state index contributed by atoms with van der Waals surface area (Å²) in [5, 5.41) is 11.6. The highest BCUT2D eigenvalue weighted by molar-refractivity contribution is 7.99. The fraction of sp³-hybridized carbons (Fsp3) is 0.222. The maximum absolute atomic E-state index is 13.2. The van der Waals surface area contributed by atoms with Gasteiger partial charge in [-0.2, -0.15) is 0 Å². The fourth-order valence-electron chi connectivity index (χ4n) is 1.16. The second-order valence-corrected chi connectivity index (χ2v) is 4.34. The number of rotatable bonds is 2. The molecule has 7 heteroatoms. The van der Waals surface area contributed by atoms with Crippen LogP contribution in [-0.4, -0.2) is 20.2 Å². The first-order chi connectivity index (χ1) is 7.58. The standard InChI is InChI=1S/C9H10FN5S/c1-5-3-8(7(11)4-6(5)10)16-9-12-13-14-15(9)2/h3-4H,11H2,1-2H3. The average molecular weight is 239 g/mol. The Kier molecular flexibility index (Phi) is 2.78. The third-order valence-electron chi connectivity index (χ3n) is 2.07. The molecule has 2 rings (SSSR count). The Morgan fingerprint density at radius 1 is 1.44 bits per heavy atom. The summed E-state index contributed by atoms with van der Waals surface area (Å²) in [7, 11) is 1.73. The van der Waals surface area contributed by atoms with Gasteiger partial charge in [0.2, 0.25) is 5.16 Å². The van der Waals surface area contributed by atoms with Crippen molar-refractivity contribution in [3.05, 3.63) is 23.5 Å². The van der Waals surface area contributed by atoms with Crippen LogP contribution in [0.25, 0.3) is 0 Å². The maximum Gasteiger partial charge on any atom is 0.213 e. The number of aromatic nitrogens is 4. The molecule has 0 fully saturated rings. The van der Waals surface area contributed by atoms with Crippen molar-refractivity contribution in [2.24, 2.45) is 7.05 Å². The van der Waals surface area contributed by atoms with Crippen LogP contribution >= 0.6 is 11.8 Å². The van der Waals surface area contributed by atoms with Crippen LogP contribution in [0, 0.1) is 12.7 Å². The minimum Gasteiger partial charge on any atom is -0.398 e. The van der Waals surface area contributed by atoms with Crippen molar-refractivity contribution in [3.8, 4) is 0 Å². The number of nitrogens with two attached hydrogens (primary N) is 1. The summed E-state index contributed by atoms with van der Waals surface area (Å²) in [5.41, 5.74) is 6.65. The van der Waals surface area contributed by atoms with E-state index in [-0.39, 0.29) is 5.82 Å². The van der Waals surface area contributed by atoms with E-state index in [1.165, 1.54) is 22.5 Å². The lowest BCUT2D eigenvalue weighted by atomic mass is 10.2. The summed E-state index contributed by atoms with van der Waals surface area (Å²) in [5.74, 6) is -0.307. The molecule has 0 aliphatic rings. The van der Waals surface area contributed by atoms with Crippen molar-refractivity contribution in [2.75, 3.05) is 5.73 Å². The van der Waals surface area contributed by atoms with Crippen molar-refractivity contribution in [2.45, 2.75) is 17.0 Å². The zero-order chi connectivity index (χ0) is 11.7. The van der Waals surface area contributed by atoms with Gasteiger partial charge in [0.1, 0.15) is 5.82 Å². The molecule has 2 N–H and O–H groups in total. The number of anilines is 1. The molecule has 2 aromatic rings. The van der Waals surface area contributed by atoms with Gasteiger partial charge in [-0.15, -0.1) is 5.10 Å². The molecule has 16 heavy (non-hydrogen) atoms. The Morgan fingerprint density at radius 3 is 2.81 bits per heavy atom. The van der Waals surface area contributed by atoms with Crippen LogP contribution in [0.4, 0.5) is 10.1 Å². The molecule has 1 aromatic carbocycles.